The van der Waals surface area contributed by atoms with Crippen molar-refractivity contribution < 1.29 is 13.5 Å². The molecule has 0 radical (unpaired) electrons. The van der Waals surface area contributed by atoms with Crippen LogP contribution in [0.15, 0.2) is 18.2 Å². The van der Waals surface area contributed by atoms with Crippen LogP contribution in [0.2, 0.25) is 0 Å². The Kier molecular flexibility index (Phi) is 5.04. The second kappa shape index (κ2) is 6.35. The summed E-state index contributed by atoms with van der Waals surface area (Å²) in [5.41, 5.74) is 0. The Morgan fingerprint density at radius 3 is 2.80 bits per heavy atom. The minimum absolute atomic E-state index is 0.0340. The highest BCUT2D eigenvalue weighted by Crippen LogP contribution is 2.18. The molecule has 1 rings (SSSR count). The van der Waals surface area contributed by atoms with Gasteiger partial charge in [0.25, 0.3) is 0 Å². The van der Waals surface area contributed by atoms with Gasteiger partial charge in [-0.25, -0.2) is 4.39 Å². The smallest absolute Gasteiger partial charge is 0.200 e. The van der Waals surface area contributed by atoms with E-state index in [1.54, 1.807) is 0 Å². The zero-order chi connectivity index (χ0) is 11.1. The first-order valence-electron chi connectivity index (χ1n) is 5.03. The topological polar surface area (TPSA) is 21.3 Å². The van der Waals surface area contributed by atoms with Crippen LogP contribution in [0.1, 0.15) is 13.3 Å². The van der Waals surface area contributed by atoms with Gasteiger partial charge in [0.2, 0.25) is 5.82 Å². The molecule has 1 N–H and O–H groups in total. The van der Waals surface area contributed by atoms with E-state index in [-0.39, 0.29) is 5.75 Å². The summed E-state index contributed by atoms with van der Waals surface area (Å²) in [6.45, 7) is 3.92. The van der Waals surface area contributed by atoms with Gasteiger partial charge >= 0.3 is 0 Å². The Hall–Kier alpha value is -1.16. The molecule has 1 aromatic carbocycles. The number of halogens is 2. The van der Waals surface area contributed by atoms with Crippen molar-refractivity contribution in [3.63, 3.8) is 0 Å². The third-order valence-electron chi connectivity index (χ3n) is 1.88. The zero-order valence-electron chi connectivity index (χ0n) is 8.72. The number of hydrogen-bond acceptors (Lipinski definition) is 2. The van der Waals surface area contributed by atoms with E-state index in [1.807, 2.05) is 0 Å². The monoisotopic (exact) mass is 215 g/mol. The summed E-state index contributed by atoms with van der Waals surface area (Å²) in [4.78, 5) is 0. The molecule has 0 amide bonds. The van der Waals surface area contributed by atoms with Crippen molar-refractivity contribution in [2.24, 2.45) is 0 Å². The van der Waals surface area contributed by atoms with E-state index in [0.29, 0.717) is 13.2 Å². The fraction of sp³-hybridized carbons (Fsp3) is 0.455. The highest BCUT2D eigenvalue weighted by molar-refractivity contribution is 5.24. The molecule has 0 unspecified atom stereocenters. The molecule has 0 atom stereocenters. The number of hydrogen-bond donors (Lipinski definition) is 1. The third-order valence-corrected chi connectivity index (χ3v) is 1.88. The van der Waals surface area contributed by atoms with Crippen LogP contribution >= 0.6 is 0 Å². The first-order valence-corrected chi connectivity index (χ1v) is 5.03. The number of nitrogens with one attached hydrogen (secondary N) is 1. The normalized spacial score (nSPS) is 10.3. The number of rotatable bonds is 6. The molecule has 0 aliphatic heterocycles. The van der Waals surface area contributed by atoms with E-state index < -0.39 is 11.6 Å². The second-order valence-electron chi connectivity index (χ2n) is 3.15. The molecule has 0 heterocycles. The molecular formula is C11H15F2NO. The lowest BCUT2D eigenvalue weighted by Crippen LogP contribution is -2.21. The maximum Gasteiger partial charge on any atom is 0.200 e. The van der Waals surface area contributed by atoms with Gasteiger partial charge in [0, 0.05) is 6.54 Å². The van der Waals surface area contributed by atoms with Crippen molar-refractivity contribution in [3.05, 3.63) is 29.8 Å². The second-order valence-corrected chi connectivity index (χ2v) is 3.15. The molecule has 0 saturated heterocycles. The van der Waals surface area contributed by atoms with Crippen LogP contribution in [0.4, 0.5) is 8.78 Å². The fourth-order valence-electron chi connectivity index (χ4n) is 1.13. The first-order chi connectivity index (χ1) is 7.25. The average Bonchev–Trinajstić information content (AvgIpc) is 2.24. The van der Waals surface area contributed by atoms with E-state index >= 15 is 0 Å². The van der Waals surface area contributed by atoms with Crippen molar-refractivity contribution in [3.8, 4) is 5.75 Å². The van der Waals surface area contributed by atoms with Crippen molar-refractivity contribution in [2.75, 3.05) is 19.7 Å². The van der Waals surface area contributed by atoms with Gasteiger partial charge in [-0.2, -0.15) is 4.39 Å². The SMILES string of the molecule is CCCNCCOc1cccc(F)c1F. The predicted molar refractivity (Wildman–Crippen MR) is 55.0 cm³/mol. The highest BCUT2D eigenvalue weighted by atomic mass is 19.2. The van der Waals surface area contributed by atoms with Gasteiger partial charge in [-0.1, -0.05) is 13.0 Å². The molecular weight excluding hydrogens is 200 g/mol. The van der Waals surface area contributed by atoms with E-state index in [0.717, 1.165) is 19.0 Å². The predicted octanol–water partition coefficient (Wildman–Crippen LogP) is 2.34. The maximum atomic E-state index is 13.1. The highest BCUT2D eigenvalue weighted by Gasteiger charge is 2.07. The van der Waals surface area contributed by atoms with Crippen LogP contribution in [0.3, 0.4) is 0 Å². The summed E-state index contributed by atoms with van der Waals surface area (Å²) in [5.74, 6) is -1.84. The molecule has 15 heavy (non-hydrogen) atoms. The van der Waals surface area contributed by atoms with Gasteiger partial charge in [0.05, 0.1) is 0 Å². The largest absolute Gasteiger partial charge is 0.489 e. The van der Waals surface area contributed by atoms with Crippen LogP contribution in [-0.4, -0.2) is 19.7 Å². The van der Waals surface area contributed by atoms with Gasteiger partial charge in [-0.15, -0.1) is 0 Å². The van der Waals surface area contributed by atoms with Gasteiger partial charge < -0.3 is 10.1 Å². The Morgan fingerprint density at radius 2 is 2.07 bits per heavy atom. The van der Waals surface area contributed by atoms with E-state index in [9.17, 15) is 8.78 Å². The summed E-state index contributed by atoms with van der Waals surface area (Å²) >= 11 is 0. The van der Waals surface area contributed by atoms with E-state index in [4.69, 9.17) is 4.74 Å². The van der Waals surface area contributed by atoms with Crippen molar-refractivity contribution in [1.29, 1.82) is 0 Å². The van der Waals surface area contributed by atoms with Gasteiger partial charge in [0.1, 0.15) is 6.61 Å². The Labute approximate surface area is 88.3 Å². The summed E-state index contributed by atoms with van der Waals surface area (Å²) in [5, 5.41) is 3.10. The molecule has 0 aliphatic rings. The lowest BCUT2D eigenvalue weighted by atomic mass is 10.3. The fourth-order valence-corrected chi connectivity index (χ4v) is 1.13. The summed E-state index contributed by atoms with van der Waals surface area (Å²) in [6, 6.07) is 3.91. The molecule has 0 bridgehead atoms. The zero-order valence-corrected chi connectivity index (χ0v) is 8.72. The first kappa shape index (κ1) is 11.9. The molecule has 0 spiro atoms. The molecule has 0 saturated carbocycles. The van der Waals surface area contributed by atoms with Crippen LogP contribution in [0.25, 0.3) is 0 Å². The molecule has 0 aliphatic carbocycles. The minimum atomic E-state index is -0.923. The molecule has 84 valence electrons. The summed E-state index contributed by atoms with van der Waals surface area (Å²) < 4.78 is 30.9. The van der Waals surface area contributed by atoms with E-state index in [1.165, 1.54) is 12.1 Å². The van der Waals surface area contributed by atoms with Gasteiger partial charge in [-0.3, -0.25) is 0 Å². The van der Waals surface area contributed by atoms with Crippen molar-refractivity contribution in [2.45, 2.75) is 13.3 Å². The molecule has 2 nitrogen and oxygen atoms in total. The van der Waals surface area contributed by atoms with Crippen molar-refractivity contribution in [1.82, 2.24) is 5.32 Å². The Bertz CT molecular complexity index is 305. The molecule has 0 fully saturated rings. The Morgan fingerprint density at radius 1 is 1.27 bits per heavy atom. The third kappa shape index (κ3) is 3.83. The van der Waals surface area contributed by atoms with Gasteiger partial charge in [-0.05, 0) is 25.1 Å². The summed E-state index contributed by atoms with van der Waals surface area (Å²) in [7, 11) is 0. The van der Waals surface area contributed by atoms with Crippen LogP contribution < -0.4 is 10.1 Å². The lowest BCUT2D eigenvalue weighted by Gasteiger charge is -2.07. The van der Waals surface area contributed by atoms with Crippen LogP contribution in [0, 0.1) is 11.6 Å². The van der Waals surface area contributed by atoms with Crippen molar-refractivity contribution >= 4 is 0 Å². The van der Waals surface area contributed by atoms with Gasteiger partial charge in [0.15, 0.2) is 11.6 Å². The molecule has 1 aromatic rings. The number of ether oxygens (including phenoxy) is 1. The quantitative estimate of drug-likeness (QED) is 0.735. The number of benzene rings is 1. The Balaban J connectivity index is 2.34. The minimum Gasteiger partial charge on any atom is -0.489 e. The summed E-state index contributed by atoms with van der Waals surface area (Å²) in [6.07, 6.45) is 1.04. The van der Waals surface area contributed by atoms with E-state index in [2.05, 4.69) is 12.2 Å². The lowest BCUT2D eigenvalue weighted by molar-refractivity contribution is 0.293. The van der Waals surface area contributed by atoms with Crippen LogP contribution in [-0.2, 0) is 0 Å². The average molecular weight is 215 g/mol. The van der Waals surface area contributed by atoms with Crippen LogP contribution in [0.5, 0.6) is 5.75 Å². The molecule has 0 aromatic heterocycles. The molecule has 4 heteroatoms. The maximum absolute atomic E-state index is 13.1. The standard InChI is InChI=1S/C11H15F2NO/c1-2-6-14-7-8-15-10-5-3-4-9(12)11(10)13/h3-5,14H,2,6-8H2,1H3.